The summed E-state index contributed by atoms with van der Waals surface area (Å²) < 4.78 is 14.1. The van der Waals surface area contributed by atoms with Gasteiger partial charge in [0.2, 0.25) is 0 Å². The van der Waals surface area contributed by atoms with Gasteiger partial charge in [-0.2, -0.15) is 0 Å². The SMILES string of the molecule is CCCCc1[c]cc(F)c(CCCC)c1CCCC. The van der Waals surface area contributed by atoms with E-state index in [1.807, 2.05) is 0 Å². The second-order valence-corrected chi connectivity index (χ2v) is 5.38. The highest BCUT2D eigenvalue weighted by Gasteiger charge is 2.13. The van der Waals surface area contributed by atoms with E-state index in [-0.39, 0.29) is 5.82 Å². The zero-order valence-corrected chi connectivity index (χ0v) is 12.8. The number of hydrogen-bond acceptors (Lipinski definition) is 0. The fourth-order valence-corrected chi connectivity index (χ4v) is 2.51. The van der Waals surface area contributed by atoms with Crippen LogP contribution in [-0.2, 0) is 19.3 Å². The largest absolute Gasteiger partial charge is 0.207 e. The third-order valence-electron chi connectivity index (χ3n) is 3.73. The summed E-state index contributed by atoms with van der Waals surface area (Å²) in [4.78, 5) is 0. The van der Waals surface area contributed by atoms with E-state index in [2.05, 4.69) is 26.8 Å². The summed E-state index contributed by atoms with van der Waals surface area (Å²) in [7, 11) is 0. The third kappa shape index (κ3) is 4.97. The van der Waals surface area contributed by atoms with Crippen molar-refractivity contribution >= 4 is 0 Å². The van der Waals surface area contributed by atoms with E-state index in [0.29, 0.717) is 0 Å². The van der Waals surface area contributed by atoms with Crippen molar-refractivity contribution in [1.82, 2.24) is 0 Å². The molecule has 0 fully saturated rings. The molecule has 1 rings (SSSR count). The fraction of sp³-hybridized carbons (Fsp3) is 0.667. The van der Waals surface area contributed by atoms with E-state index in [4.69, 9.17) is 0 Å². The maximum Gasteiger partial charge on any atom is 0.127 e. The Morgan fingerprint density at radius 3 is 1.95 bits per heavy atom. The molecule has 0 nitrogen and oxygen atoms in total. The Morgan fingerprint density at radius 1 is 0.842 bits per heavy atom. The highest BCUT2D eigenvalue weighted by atomic mass is 19.1. The van der Waals surface area contributed by atoms with E-state index in [9.17, 15) is 4.39 Å². The van der Waals surface area contributed by atoms with Gasteiger partial charge in [0.1, 0.15) is 5.82 Å². The Hall–Kier alpha value is -0.850. The standard InChI is InChI=1S/C18H28F/c1-4-7-10-15-13-14-18(19)17(12-9-6-3)16(15)11-8-5-2/h14H,4-12H2,1-3H3. The van der Waals surface area contributed by atoms with Crippen LogP contribution in [0.5, 0.6) is 0 Å². The number of hydrogen-bond donors (Lipinski definition) is 0. The summed E-state index contributed by atoms with van der Waals surface area (Å²) in [6.07, 6.45) is 9.82. The van der Waals surface area contributed by atoms with Crippen molar-refractivity contribution in [2.45, 2.75) is 78.6 Å². The first-order chi connectivity index (χ1) is 9.24. The third-order valence-corrected chi connectivity index (χ3v) is 3.73. The Kier molecular flexibility index (Phi) is 7.78. The number of halogens is 1. The predicted octanol–water partition coefficient (Wildman–Crippen LogP) is 5.65. The van der Waals surface area contributed by atoms with Crippen molar-refractivity contribution in [3.05, 3.63) is 34.6 Å². The normalized spacial score (nSPS) is 10.9. The average Bonchev–Trinajstić information content (AvgIpc) is 2.42. The van der Waals surface area contributed by atoms with Crippen LogP contribution in [-0.4, -0.2) is 0 Å². The molecule has 0 aliphatic heterocycles. The molecule has 1 radical (unpaired) electrons. The predicted molar refractivity (Wildman–Crippen MR) is 81.1 cm³/mol. The van der Waals surface area contributed by atoms with Crippen molar-refractivity contribution in [3.63, 3.8) is 0 Å². The van der Waals surface area contributed by atoms with Gasteiger partial charge in [0.05, 0.1) is 0 Å². The summed E-state index contributed by atoms with van der Waals surface area (Å²) in [5, 5.41) is 0. The summed E-state index contributed by atoms with van der Waals surface area (Å²) in [6.45, 7) is 6.56. The smallest absolute Gasteiger partial charge is 0.127 e. The van der Waals surface area contributed by atoms with Crippen molar-refractivity contribution in [2.24, 2.45) is 0 Å². The molecule has 19 heavy (non-hydrogen) atoms. The molecule has 0 aliphatic carbocycles. The van der Waals surface area contributed by atoms with Gasteiger partial charge in [-0.05, 0) is 67.3 Å². The minimum Gasteiger partial charge on any atom is -0.207 e. The first-order valence-corrected chi connectivity index (χ1v) is 7.95. The van der Waals surface area contributed by atoms with Gasteiger partial charge in [0.15, 0.2) is 0 Å². The number of benzene rings is 1. The van der Waals surface area contributed by atoms with Crippen molar-refractivity contribution in [2.75, 3.05) is 0 Å². The lowest BCUT2D eigenvalue weighted by molar-refractivity contribution is 0.593. The minimum absolute atomic E-state index is 0.0419. The molecule has 0 aromatic heterocycles. The van der Waals surface area contributed by atoms with Crippen LogP contribution in [0, 0.1) is 11.9 Å². The summed E-state index contributed by atoms with van der Waals surface area (Å²) in [5.74, 6) is -0.0419. The van der Waals surface area contributed by atoms with Gasteiger partial charge in [-0.1, -0.05) is 40.0 Å². The molecule has 107 valence electrons. The van der Waals surface area contributed by atoms with Gasteiger partial charge in [-0.3, -0.25) is 0 Å². The molecule has 0 aliphatic rings. The van der Waals surface area contributed by atoms with Crippen molar-refractivity contribution in [1.29, 1.82) is 0 Å². The van der Waals surface area contributed by atoms with Crippen LogP contribution in [0.3, 0.4) is 0 Å². The first-order valence-electron chi connectivity index (χ1n) is 7.95. The molecular weight excluding hydrogens is 235 g/mol. The van der Waals surface area contributed by atoms with Gasteiger partial charge < -0.3 is 0 Å². The molecule has 0 amide bonds. The van der Waals surface area contributed by atoms with Crippen LogP contribution in [0.25, 0.3) is 0 Å². The van der Waals surface area contributed by atoms with Gasteiger partial charge in [0, 0.05) is 0 Å². The van der Waals surface area contributed by atoms with Gasteiger partial charge in [-0.25, -0.2) is 4.39 Å². The molecule has 0 unspecified atom stereocenters. The van der Waals surface area contributed by atoms with Crippen molar-refractivity contribution < 1.29 is 4.39 Å². The van der Waals surface area contributed by atoms with E-state index in [0.717, 1.165) is 50.5 Å². The summed E-state index contributed by atoms with van der Waals surface area (Å²) in [6, 6.07) is 4.75. The zero-order valence-electron chi connectivity index (χ0n) is 12.8. The quantitative estimate of drug-likeness (QED) is 0.539. The molecule has 1 aromatic carbocycles. The maximum atomic E-state index is 14.1. The van der Waals surface area contributed by atoms with E-state index in [1.54, 1.807) is 6.07 Å². The molecular formula is C18H28F. The molecule has 1 heteroatoms. The highest BCUT2D eigenvalue weighted by Crippen LogP contribution is 2.24. The molecule has 0 spiro atoms. The van der Waals surface area contributed by atoms with Gasteiger partial charge >= 0.3 is 0 Å². The molecule has 0 bridgehead atoms. The second-order valence-electron chi connectivity index (χ2n) is 5.38. The average molecular weight is 263 g/mol. The Bertz CT molecular complexity index is 368. The highest BCUT2D eigenvalue weighted by molar-refractivity contribution is 5.36. The lowest BCUT2D eigenvalue weighted by Gasteiger charge is -2.15. The Morgan fingerprint density at radius 2 is 1.37 bits per heavy atom. The lowest BCUT2D eigenvalue weighted by atomic mass is 9.90. The van der Waals surface area contributed by atoms with Crippen LogP contribution in [0.2, 0.25) is 0 Å². The zero-order chi connectivity index (χ0) is 14.1. The lowest BCUT2D eigenvalue weighted by Crippen LogP contribution is -2.04. The number of rotatable bonds is 9. The van der Waals surface area contributed by atoms with Crippen LogP contribution in [0.15, 0.2) is 6.07 Å². The van der Waals surface area contributed by atoms with Crippen molar-refractivity contribution in [3.8, 4) is 0 Å². The molecule has 0 saturated carbocycles. The molecule has 0 N–H and O–H groups in total. The number of unbranched alkanes of at least 4 members (excludes halogenated alkanes) is 3. The van der Waals surface area contributed by atoms with E-state index >= 15 is 0 Å². The summed E-state index contributed by atoms with van der Waals surface area (Å²) in [5.41, 5.74) is 3.51. The first kappa shape index (κ1) is 16.2. The number of aryl methyl sites for hydroxylation is 1. The van der Waals surface area contributed by atoms with Crippen LogP contribution in [0.1, 0.15) is 76.0 Å². The second kappa shape index (κ2) is 9.12. The fourth-order valence-electron chi connectivity index (χ4n) is 2.51. The molecule has 0 heterocycles. The maximum absolute atomic E-state index is 14.1. The van der Waals surface area contributed by atoms with Gasteiger partial charge in [-0.15, -0.1) is 0 Å². The van der Waals surface area contributed by atoms with E-state index < -0.39 is 0 Å². The Labute approximate surface area is 118 Å². The molecule has 1 aromatic rings. The van der Waals surface area contributed by atoms with E-state index in [1.165, 1.54) is 24.0 Å². The topological polar surface area (TPSA) is 0 Å². The minimum atomic E-state index is -0.0419. The monoisotopic (exact) mass is 263 g/mol. The van der Waals surface area contributed by atoms with Gasteiger partial charge in [0.25, 0.3) is 0 Å². The Balaban J connectivity index is 3.00. The van der Waals surface area contributed by atoms with Crippen LogP contribution in [0.4, 0.5) is 4.39 Å². The summed E-state index contributed by atoms with van der Waals surface area (Å²) >= 11 is 0. The molecule has 0 saturated heterocycles. The molecule has 0 atom stereocenters. The van der Waals surface area contributed by atoms with Crippen LogP contribution >= 0.6 is 0 Å². The van der Waals surface area contributed by atoms with Crippen LogP contribution < -0.4 is 0 Å².